The zero-order valence-electron chi connectivity index (χ0n) is 14.5. The fourth-order valence-electron chi connectivity index (χ4n) is 4.14. The van der Waals surface area contributed by atoms with Crippen LogP contribution in [0.25, 0.3) is 10.9 Å². The van der Waals surface area contributed by atoms with Crippen molar-refractivity contribution in [1.82, 2.24) is 4.57 Å². The number of rotatable bonds is 2. The van der Waals surface area contributed by atoms with E-state index in [0.29, 0.717) is 0 Å². The predicted octanol–water partition coefficient (Wildman–Crippen LogP) is 4.54. The monoisotopic (exact) mass is 319 g/mol. The largest absolute Gasteiger partial charge is 0.497 e. The highest BCUT2D eigenvalue weighted by atomic mass is 16.5. The number of fused-ring (bicyclic) bond motifs is 4. The van der Waals surface area contributed by atoms with Crippen molar-refractivity contribution in [3.05, 3.63) is 64.8 Å². The molecule has 4 rings (SSSR count). The van der Waals surface area contributed by atoms with Crippen LogP contribution in [0, 0.1) is 0 Å². The van der Waals surface area contributed by atoms with Crippen LogP contribution in [-0.2, 0) is 12.0 Å². The van der Waals surface area contributed by atoms with Gasteiger partial charge in [-0.3, -0.25) is 4.79 Å². The number of carbonyl (C=O) groups excluding carboxylic acids is 1. The van der Waals surface area contributed by atoms with Crippen molar-refractivity contribution in [2.45, 2.75) is 32.7 Å². The van der Waals surface area contributed by atoms with Crippen LogP contribution in [0.5, 0.6) is 5.75 Å². The third-order valence-electron chi connectivity index (χ3n) is 5.25. The van der Waals surface area contributed by atoms with E-state index in [1.807, 2.05) is 30.3 Å². The van der Waals surface area contributed by atoms with E-state index in [1.165, 1.54) is 0 Å². The molecule has 3 nitrogen and oxygen atoms in total. The van der Waals surface area contributed by atoms with E-state index in [1.54, 1.807) is 7.11 Å². The van der Waals surface area contributed by atoms with Crippen molar-refractivity contribution >= 4 is 16.7 Å². The molecule has 2 aromatic carbocycles. The topological polar surface area (TPSA) is 31.2 Å². The van der Waals surface area contributed by atoms with E-state index in [4.69, 9.17) is 4.74 Å². The molecule has 1 heterocycles. The average Bonchev–Trinajstić information content (AvgIpc) is 2.95. The minimum absolute atomic E-state index is 0.116. The number of aromatic nitrogens is 1. The number of nitrogens with zero attached hydrogens (tertiary/aromatic N) is 1. The summed E-state index contributed by atoms with van der Waals surface area (Å²) in [7, 11) is 1.66. The molecule has 1 aliphatic rings. The van der Waals surface area contributed by atoms with E-state index in [2.05, 4.69) is 37.5 Å². The van der Waals surface area contributed by atoms with Gasteiger partial charge in [-0.15, -0.1) is 0 Å². The van der Waals surface area contributed by atoms with E-state index < -0.39 is 0 Å². The normalized spacial score (nSPS) is 15.2. The molecule has 0 aliphatic heterocycles. The molecule has 1 aliphatic carbocycles. The molecule has 1 aromatic heterocycles. The molecule has 24 heavy (non-hydrogen) atoms. The molecule has 3 heteroatoms. The third kappa shape index (κ3) is 1.75. The van der Waals surface area contributed by atoms with Crippen LogP contribution in [0.1, 0.15) is 48.0 Å². The highest BCUT2D eigenvalue weighted by Gasteiger charge is 2.41. The number of carbonyl (C=O) groups is 1. The van der Waals surface area contributed by atoms with Gasteiger partial charge in [0.05, 0.1) is 12.7 Å². The SMILES string of the molecule is CCn1c2c(c3ccccc31)C(=O)c1ccc(OC)cc1C2(C)C. The summed E-state index contributed by atoms with van der Waals surface area (Å²) in [5.74, 6) is 0.905. The summed E-state index contributed by atoms with van der Waals surface area (Å²) in [6.45, 7) is 7.36. The van der Waals surface area contributed by atoms with Crippen molar-refractivity contribution in [2.75, 3.05) is 7.11 Å². The standard InChI is InChI=1S/C21H21NO2/c1-5-22-17-9-7-6-8-15(17)18-19(23)14-11-10-13(24-4)12-16(14)21(2,3)20(18)22/h6-12H,5H2,1-4H3. The van der Waals surface area contributed by atoms with Crippen molar-refractivity contribution in [2.24, 2.45) is 0 Å². The molecule has 3 aromatic rings. The number of aryl methyl sites for hydroxylation is 1. The Labute approximate surface area is 141 Å². The second-order valence-corrected chi connectivity index (χ2v) is 6.85. The number of hydrogen-bond acceptors (Lipinski definition) is 2. The molecule has 0 saturated carbocycles. The lowest BCUT2D eigenvalue weighted by Gasteiger charge is -2.34. The van der Waals surface area contributed by atoms with Crippen molar-refractivity contribution in [3.63, 3.8) is 0 Å². The maximum absolute atomic E-state index is 13.3. The second-order valence-electron chi connectivity index (χ2n) is 6.85. The van der Waals surface area contributed by atoms with Crippen molar-refractivity contribution in [1.29, 1.82) is 0 Å². The summed E-state index contributed by atoms with van der Waals surface area (Å²) in [6.07, 6.45) is 0. The fraction of sp³-hybridized carbons (Fsp3) is 0.286. The van der Waals surface area contributed by atoms with Crippen LogP contribution in [0.15, 0.2) is 42.5 Å². The lowest BCUT2D eigenvalue weighted by atomic mass is 9.71. The number of methoxy groups -OCH3 is 1. The van der Waals surface area contributed by atoms with Gasteiger partial charge in [0.15, 0.2) is 5.78 Å². The Morgan fingerprint density at radius 3 is 2.58 bits per heavy atom. The average molecular weight is 319 g/mol. The minimum atomic E-state index is -0.262. The first-order valence-electron chi connectivity index (χ1n) is 8.35. The van der Waals surface area contributed by atoms with Gasteiger partial charge in [-0.25, -0.2) is 0 Å². The number of para-hydroxylation sites is 1. The molecule has 0 spiro atoms. The summed E-state index contributed by atoms with van der Waals surface area (Å²) in [6, 6.07) is 14.0. The van der Waals surface area contributed by atoms with Gasteiger partial charge < -0.3 is 9.30 Å². The van der Waals surface area contributed by atoms with Gasteiger partial charge in [0.25, 0.3) is 0 Å². The number of ketones is 1. The lowest BCUT2D eigenvalue weighted by molar-refractivity contribution is 0.103. The zero-order chi connectivity index (χ0) is 17.1. The van der Waals surface area contributed by atoms with Crippen LogP contribution >= 0.6 is 0 Å². The summed E-state index contributed by atoms with van der Waals surface area (Å²) >= 11 is 0. The summed E-state index contributed by atoms with van der Waals surface area (Å²) in [5, 5.41) is 1.05. The van der Waals surface area contributed by atoms with E-state index in [9.17, 15) is 4.79 Å². The Balaban J connectivity index is 2.14. The molecule has 0 radical (unpaired) electrons. The van der Waals surface area contributed by atoms with Crippen LogP contribution < -0.4 is 4.74 Å². The molecule has 0 atom stereocenters. The first-order valence-corrected chi connectivity index (χ1v) is 8.35. The van der Waals surface area contributed by atoms with Crippen molar-refractivity contribution < 1.29 is 9.53 Å². The third-order valence-corrected chi connectivity index (χ3v) is 5.25. The van der Waals surface area contributed by atoms with Crippen LogP contribution in [0.4, 0.5) is 0 Å². The Hall–Kier alpha value is -2.55. The maximum Gasteiger partial charge on any atom is 0.195 e. The second kappa shape index (κ2) is 4.97. The van der Waals surface area contributed by atoms with E-state index in [0.717, 1.165) is 45.6 Å². The number of hydrogen-bond donors (Lipinski definition) is 0. The number of benzene rings is 2. The highest BCUT2D eigenvalue weighted by Crippen LogP contribution is 2.46. The van der Waals surface area contributed by atoms with Crippen molar-refractivity contribution in [3.8, 4) is 5.75 Å². The molecular formula is C21H21NO2. The molecule has 0 N–H and O–H groups in total. The van der Waals surface area contributed by atoms with E-state index in [-0.39, 0.29) is 11.2 Å². The van der Waals surface area contributed by atoms with Gasteiger partial charge in [-0.1, -0.05) is 32.0 Å². The van der Waals surface area contributed by atoms with Crippen LogP contribution in [0.2, 0.25) is 0 Å². The van der Waals surface area contributed by atoms with Gasteiger partial charge in [-0.05, 0) is 36.8 Å². The highest BCUT2D eigenvalue weighted by molar-refractivity contribution is 6.20. The van der Waals surface area contributed by atoms with Gasteiger partial charge in [0, 0.05) is 34.1 Å². The van der Waals surface area contributed by atoms with Gasteiger partial charge >= 0.3 is 0 Å². The quantitative estimate of drug-likeness (QED) is 0.694. The molecule has 0 unspecified atom stereocenters. The zero-order valence-corrected chi connectivity index (χ0v) is 14.5. The Morgan fingerprint density at radius 1 is 1.12 bits per heavy atom. The van der Waals surface area contributed by atoms with Gasteiger partial charge in [-0.2, -0.15) is 0 Å². The first kappa shape index (κ1) is 15.0. The molecule has 0 saturated heterocycles. The Bertz CT molecular complexity index is 979. The lowest BCUT2D eigenvalue weighted by Crippen LogP contribution is -2.32. The predicted molar refractivity (Wildman–Crippen MR) is 96.2 cm³/mol. The fourth-order valence-corrected chi connectivity index (χ4v) is 4.14. The molecule has 0 fully saturated rings. The molecule has 0 bridgehead atoms. The van der Waals surface area contributed by atoms with Gasteiger partial charge in [0.2, 0.25) is 0 Å². The summed E-state index contributed by atoms with van der Waals surface area (Å²) in [4.78, 5) is 13.3. The molecular weight excluding hydrogens is 298 g/mol. The number of ether oxygens (including phenoxy) is 1. The Morgan fingerprint density at radius 2 is 1.88 bits per heavy atom. The molecule has 0 amide bonds. The first-order chi connectivity index (χ1) is 11.5. The van der Waals surface area contributed by atoms with Gasteiger partial charge in [0.1, 0.15) is 5.75 Å². The Kier molecular flexibility index (Phi) is 3.11. The summed E-state index contributed by atoms with van der Waals surface area (Å²) in [5.41, 5.74) is 4.66. The smallest absolute Gasteiger partial charge is 0.195 e. The molecule has 122 valence electrons. The summed E-state index contributed by atoms with van der Waals surface area (Å²) < 4.78 is 7.68. The van der Waals surface area contributed by atoms with E-state index >= 15 is 0 Å². The maximum atomic E-state index is 13.3. The minimum Gasteiger partial charge on any atom is -0.497 e. The van der Waals surface area contributed by atoms with Crippen LogP contribution in [-0.4, -0.2) is 17.5 Å². The van der Waals surface area contributed by atoms with Crippen LogP contribution in [0.3, 0.4) is 0 Å².